The van der Waals surface area contributed by atoms with Crippen LogP contribution in [-0.4, -0.2) is 53.7 Å². The zero-order valence-corrected chi connectivity index (χ0v) is 13.0. The number of carbonyl (C=O) groups is 1. The second kappa shape index (κ2) is 7.81. The molecule has 2 rings (SSSR count). The molecule has 0 spiro atoms. The van der Waals surface area contributed by atoms with E-state index in [1.54, 1.807) is 0 Å². The highest BCUT2D eigenvalue weighted by atomic mass is 16.2. The van der Waals surface area contributed by atoms with Crippen molar-refractivity contribution in [2.24, 2.45) is 0 Å². The summed E-state index contributed by atoms with van der Waals surface area (Å²) in [5, 5.41) is 11.5. The number of piperazine rings is 1. The van der Waals surface area contributed by atoms with Gasteiger partial charge in [0.2, 0.25) is 5.91 Å². The number of unbranched alkanes of at least 4 members (excludes halogenated alkanes) is 1. The van der Waals surface area contributed by atoms with E-state index in [0.717, 1.165) is 57.2 Å². The highest BCUT2D eigenvalue weighted by molar-refractivity contribution is 5.76. The standard InChI is InChI=1S/C15H25N5O/c1-3-5-6-15(21)20-11-9-19(10-12-20)14-8-7-13(16-4-2)17-18-14/h7-8H,3-6,9-12H2,1-2H3,(H,16,17). The van der Waals surface area contributed by atoms with Crippen molar-refractivity contribution in [3.8, 4) is 0 Å². The summed E-state index contributed by atoms with van der Waals surface area (Å²) < 4.78 is 0. The third-order valence-corrected chi connectivity index (χ3v) is 3.71. The van der Waals surface area contributed by atoms with Gasteiger partial charge in [0.05, 0.1) is 0 Å². The van der Waals surface area contributed by atoms with Crippen LogP contribution in [0.2, 0.25) is 0 Å². The molecular formula is C15H25N5O. The van der Waals surface area contributed by atoms with Gasteiger partial charge in [-0.1, -0.05) is 13.3 Å². The molecule has 1 N–H and O–H groups in total. The lowest BCUT2D eigenvalue weighted by Gasteiger charge is -2.35. The van der Waals surface area contributed by atoms with Gasteiger partial charge < -0.3 is 15.1 Å². The Morgan fingerprint density at radius 2 is 1.95 bits per heavy atom. The van der Waals surface area contributed by atoms with E-state index in [-0.39, 0.29) is 5.91 Å². The van der Waals surface area contributed by atoms with Crippen molar-refractivity contribution in [1.82, 2.24) is 15.1 Å². The number of anilines is 2. The van der Waals surface area contributed by atoms with Crippen LogP contribution >= 0.6 is 0 Å². The molecule has 0 unspecified atom stereocenters. The maximum absolute atomic E-state index is 12.0. The zero-order valence-electron chi connectivity index (χ0n) is 13.0. The summed E-state index contributed by atoms with van der Waals surface area (Å²) in [4.78, 5) is 16.1. The maximum atomic E-state index is 12.0. The molecule has 6 nitrogen and oxygen atoms in total. The van der Waals surface area contributed by atoms with Crippen molar-refractivity contribution in [3.05, 3.63) is 12.1 Å². The highest BCUT2D eigenvalue weighted by Gasteiger charge is 2.21. The van der Waals surface area contributed by atoms with E-state index in [1.165, 1.54) is 0 Å². The van der Waals surface area contributed by atoms with Crippen molar-refractivity contribution in [2.45, 2.75) is 33.1 Å². The molecule has 116 valence electrons. The minimum absolute atomic E-state index is 0.282. The van der Waals surface area contributed by atoms with Gasteiger partial charge in [-0.2, -0.15) is 0 Å². The SMILES string of the molecule is CCCCC(=O)N1CCN(c2ccc(NCC)nn2)CC1. The van der Waals surface area contributed by atoms with E-state index in [4.69, 9.17) is 0 Å². The average molecular weight is 291 g/mol. The van der Waals surface area contributed by atoms with Crippen LogP contribution in [0, 0.1) is 0 Å². The molecule has 1 aromatic heterocycles. The van der Waals surface area contributed by atoms with Crippen LogP contribution in [0.4, 0.5) is 11.6 Å². The van der Waals surface area contributed by atoms with Gasteiger partial charge in [0.15, 0.2) is 5.82 Å². The molecule has 0 radical (unpaired) electrons. The van der Waals surface area contributed by atoms with Crippen LogP contribution in [0.3, 0.4) is 0 Å². The predicted molar refractivity (Wildman–Crippen MR) is 84.5 cm³/mol. The first kappa shape index (κ1) is 15.5. The van der Waals surface area contributed by atoms with E-state index >= 15 is 0 Å². The fourth-order valence-electron chi connectivity index (χ4n) is 2.44. The van der Waals surface area contributed by atoms with Crippen LogP contribution < -0.4 is 10.2 Å². The van der Waals surface area contributed by atoms with Crippen LogP contribution in [0.1, 0.15) is 33.1 Å². The molecule has 0 saturated carbocycles. The Kier molecular flexibility index (Phi) is 5.78. The van der Waals surface area contributed by atoms with Gasteiger partial charge in [0.1, 0.15) is 5.82 Å². The fraction of sp³-hybridized carbons (Fsp3) is 0.667. The Bertz CT molecular complexity index is 440. The van der Waals surface area contributed by atoms with E-state index in [2.05, 4.69) is 27.3 Å². The minimum atomic E-state index is 0.282. The van der Waals surface area contributed by atoms with Crippen molar-refractivity contribution >= 4 is 17.5 Å². The number of aromatic nitrogens is 2. The number of carbonyl (C=O) groups excluding carboxylic acids is 1. The second-order valence-electron chi connectivity index (χ2n) is 5.28. The van der Waals surface area contributed by atoms with Gasteiger partial charge in [-0.15, -0.1) is 10.2 Å². The van der Waals surface area contributed by atoms with Crippen molar-refractivity contribution in [2.75, 3.05) is 42.9 Å². The zero-order chi connectivity index (χ0) is 15.1. The van der Waals surface area contributed by atoms with Crippen molar-refractivity contribution in [3.63, 3.8) is 0 Å². The summed E-state index contributed by atoms with van der Waals surface area (Å²) in [5.41, 5.74) is 0. The van der Waals surface area contributed by atoms with Crippen molar-refractivity contribution < 1.29 is 4.79 Å². The Morgan fingerprint density at radius 1 is 1.19 bits per heavy atom. The summed E-state index contributed by atoms with van der Waals surface area (Å²) in [5.74, 6) is 1.97. The first-order valence-electron chi connectivity index (χ1n) is 7.85. The quantitative estimate of drug-likeness (QED) is 0.865. The number of nitrogens with one attached hydrogen (secondary N) is 1. The van der Waals surface area contributed by atoms with Gasteiger partial charge in [-0.25, -0.2) is 0 Å². The molecule has 0 aromatic carbocycles. The average Bonchev–Trinajstić information content (AvgIpc) is 2.54. The molecule has 1 saturated heterocycles. The third-order valence-electron chi connectivity index (χ3n) is 3.71. The Balaban J connectivity index is 1.84. The number of rotatable bonds is 6. The number of nitrogens with zero attached hydrogens (tertiary/aromatic N) is 4. The summed E-state index contributed by atoms with van der Waals surface area (Å²) >= 11 is 0. The van der Waals surface area contributed by atoms with E-state index in [1.807, 2.05) is 24.0 Å². The normalized spacial score (nSPS) is 15.1. The van der Waals surface area contributed by atoms with Gasteiger partial charge in [-0.3, -0.25) is 4.79 Å². The van der Waals surface area contributed by atoms with Crippen LogP contribution in [0.25, 0.3) is 0 Å². The van der Waals surface area contributed by atoms with Crippen LogP contribution in [-0.2, 0) is 4.79 Å². The third kappa shape index (κ3) is 4.31. The van der Waals surface area contributed by atoms with Gasteiger partial charge >= 0.3 is 0 Å². The van der Waals surface area contributed by atoms with Crippen molar-refractivity contribution in [1.29, 1.82) is 0 Å². The molecule has 1 aromatic rings. The summed E-state index contributed by atoms with van der Waals surface area (Å²) in [6.07, 6.45) is 2.73. The number of amides is 1. The first-order chi connectivity index (χ1) is 10.2. The molecule has 0 atom stereocenters. The molecule has 0 aliphatic carbocycles. The van der Waals surface area contributed by atoms with Gasteiger partial charge in [0.25, 0.3) is 0 Å². The lowest BCUT2D eigenvalue weighted by atomic mass is 10.2. The largest absolute Gasteiger partial charge is 0.369 e. The summed E-state index contributed by atoms with van der Waals surface area (Å²) in [6.45, 7) is 8.19. The lowest BCUT2D eigenvalue weighted by molar-refractivity contribution is -0.131. The molecule has 1 amide bonds. The van der Waals surface area contributed by atoms with Gasteiger partial charge in [0, 0.05) is 39.1 Å². The topological polar surface area (TPSA) is 61.4 Å². The summed E-state index contributed by atoms with van der Waals surface area (Å²) in [6, 6.07) is 3.93. The fourth-order valence-corrected chi connectivity index (χ4v) is 2.44. The molecule has 1 aliphatic rings. The Hall–Kier alpha value is -1.85. The molecule has 1 aliphatic heterocycles. The van der Waals surface area contributed by atoms with E-state index in [9.17, 15) is 4.79 Å². The van der Waals surface area contributed by atoms with Crippen LogP contribution in [0.5, 0.6) is 0 Å². The summed E-state index contributed by atoms with van der Waals surface area (Å²) in [7, 11) is 0. The first-order valence-corrected chi connectivity index (χ1v) is 7.85. The minimum Gasteiger partial charge on any atom is -0.369 e. The monoisotopic (exact) mass is 291 g/mol. The lowest BCUT2D eigenvalue weighted by Crippen LogP contribution is -2.49. The Morgan fingerprint density at radius 3 is 2.52 bits per heavy atom. The van der Waals surface area contributed by atoms with E-state index < -0.39 is 0 Å². The second-order valence-corrected chi connectivity index (χ2v) is 5.28. The highest BCUT2D eigenvalue weighted by Crippen LogP contribution is 2.15. The predicted octanol–water partition coefficient (Wildman–Crippen LogP) is 1.75. The number of hydrogen-bond acceptors (Lipinski definition) is 5. The van der Waals surface area contributed by atoms with Crippen LogP contribution in [0.15, 0.2) is 12.1 Å². The number of hydrogen-bond donors (Lipinski definition) is 1. The smallest absolute Gasteiger partial charge is 0.222 e. The Labute approximate surface area is 126 Å². The van der Waals surface area contributed by atoms with Gasteiger partial charge in [-0.05, 0) is 25.5 Å². The molecule has 1 fully saturated rings. The molecule has 2 heterocycles. The molecule has 6 heteroatoms. The molecular weight excluding hydrogens is 266 g/mol. The maximum Gasteiger partial charge on any atom is 0.222 e. The van der Waals surface area contributed by atoms with E-state index in [0.29, 0.717) is 6.42 Å². The molecule has 0 bridgehead atoms. The molecule has 21 heavy (non-hydrogen) atoms.